The van der Waals surface area contributed by atoms with Gasteiger partial charge in [-0.1, -0.05) is 13.3 Å². The highest BCUT2D eigenvalue weighted by Crippen LogP contribution is 2.27. The van der Waals surface area contributed by atoms with Gasteiger partial charge in [0.25, 0.3) is 0 Å². The van der Waals surface area contributed by atoms with Crippen molar-refractivity contribution in [2.24, 2.45) is 0 Å². The second-order valence-electron chi connectivity index (χ2n) is 3.13. The molecule has 1 heterocycles. The number of likely N-dealkylation sites (tertiary alicyclic amines) is 1. The van der Waals surface area contributed by atoms with Crippen molar-refractivity contribution in [1.29, 1.82) is 0 Å². The maximum Gasteiger partial charge on any atom is 0.0939 e. The minimum atomic E-state index is 0.0217. The number of quaternary nitrogens is 1. The maximum absolute atomic E-state index is 11.2. The normalized spacial score (nSPS) is 42.3. The summed E-state index contributed by atoms with van der Waals surface area (Å²) in [5, 5.41) is 11.2. The van der Waals surface area contributed by atoms with E-state index in [-0.39, 0.29) is 4.65 Å². The average Bonchev–Trinajstić information content (AvgIpc) is 1.81. The first kappa shape index (κ1) is 7.03. The van der Waals surface area contributed by atoms with Gasteiger partial charge >= 0.3 is 0 Å². The largest absolute Gasteiger partial charge is 0.633 e. The maximum atomic E-state index is 11.2. The van der Waals surface area contributed by atoms with Crippen molar-refractivity contribution in [1.82, 2.24) is 0 Å². The molecule has 2 nitrogen and oxygen atoms in total. The summed E-state index contributed by atoms with van der Waals surface area (Å²) in [6, 6.07) is 0.426. The van der Waals surface area contributed by atoms with Gasteiger partial charge in [0.2, 0.25) is 0 Å². The van der Waals surface area contributed by atoms with E-state index in [1.54, 1.807) is 7.05 Å². The molecule has 0 bridgehead atoms. The van der Waals surface area contributed by atoms with E-state index in [9.17, 15) is 5.21 Å². The summed E-state index contributed by atoms with van der Waals surface area (Å²) in [4.78, 5) is 0. The van der Waals surface area contributed by atoms with Gasteiger partial charge < -0.3 is 9.85 Å². The standard InChI is InChI=1S/C7H15NO/c1-3-4-7-5-6-8(7,2)9/h7H,3-6H2,1-2H3. The number of rotatable bonds is 2. The number of nitrogens with zero attached hydrogens (tertiary/aromatic N) is 1. The Morgan fingerprint density at radius 3 is 2.44 bits per heavy atom. The van der Waals surface area contributed by atoms with Gasteiger partial charge in [0, 0.05) is 6.42 Å². The molecule has 1 saturated heterocycles. The van der Waals surface area contributed by atoms with Gasteiger partial charge in [-0.2, -0.15) is 0 Å². The molecule has 0 aromatic rings. The second-order valence-corrected chi connectivity index (χ2v) is 3.13. The molecule has 9 heavy (non-hydrogen) atoms. The zero-order valence-corrected chi connectivity index (χ0v) is 6.26. The topological polar surface area (TPSA) is 23.1 Å². The van der Waals surface area contributed by atoms with E-state index in [1.807, 2.05) is 0 Å². The number of hydrogen-bond donors (Lipinski definition) is 0. The Morgan fingerprint density at radius 1 is 1.67 bits per heavy atom. The third-order valence-electron chi connectivity index (χ3n) is 2.30. The van der Waals surface area contributed by atoms with Gasteiger partial charge in [-0.25, -0.2) is 0 Å². The summed E-state index contributed by atoms with van der Waals surface area (Å²) >= 11 is 0. The van der Waals surface area contributed by atoms with E-state index in [4.69, 9.17) is 0 Å². The van der Waals surface area contributed by atoms with Crippen LogP contribution in [0.1, 0.15) is 26.2 Å². The van der Waals surface area contributed by atoms with Crippen molar-refractivity contribution >= 4 is 0 Å². The molecule has 2 atom stereocenters. The SMILES string of the molecule is CCCC1CC[N+]1(C)[O-]. The van der Waals surface area contributed by atoms with Gasteiger partial charge in [-0.15, -0.1) is 0 Å². The first-order chi connectivity index (χ1) is 4.17. The molecular weight excluding hydrogens is 114 g/mol. The minimum absolute atomic E-state index is 0.0217. The minimum Gasteiger partial charge on any atom is -0.633 e. The van der Waals surface area contributed by atoms with Crippen LogP contribution in [0.3, 0.4) is 0 Å². The van der Waals surface area contributed by atoms with E-state index in [0.717, 1.165) is 25.8 Å². The average molecular weight is 129 g/mol. The monoisotopic (exact) mass is 129 g/mol. The molecule has 0 N–H and O–H groups in total. The zero-order chi connectivity index (χ0) is 6.91. The van der Waals surface area contributed by atoms with Crippen molar-refractivity contribution < 1.29 is 4.65 Å². The van der Waals surface area contributed by atoms with Crippen LogP contribution in [0.5, 0.6) is 0 Å². The molecule has 1 rings (SSSR count). The van der Waals surface area contributed by atoms with Crippen LogP contribution in [0.4, 0.5) is 0 Å². The molecule has 1 aliphatic rings. The van der Waals surface area contributed by atoms with Crippen molar-refractivity contribution in [3.63, 3.8) is 0 Å². The lowest BCUT2D eigenvalue weighted by Crippen LogP contribution is -2.57. The van der Waals surface area contributed by atoms with Crippen LogP contribution in [0, 0.1) is 5.21 Å². The van der Waals surface area contributed by atoms with Gasteiger partial charge in [0.05, 0.1) is 19.6 Å². The first-order valence-corrected chi connectivity index (χ1v) is 3.73. The lowest BCUT2D eigenvalue weighted by molar-refractivity contribution is -0.928. The van der Waals surface area contributed by atoms with E-state index in [0.29, 0.717) is 6.04 Å². The molecule has 54 valence electrons. The van der Waals surface area contributed by atoms with Crippen molar-refractivity contribution in [3.8, 4) is 0 Å². The quantitative estimate of drug-likeness (QED) is 0.409. The molecule has 1 aliphatic heterocycles. The Labute approximate surface area is 56.6 Å². The molecule has 0 aliphatic carbocycles. The highest BCUT2D eigenvalue weighted by atomic mass is 16.5. The summed E-state index contributed by atoms with van der Waals surface area (Å²) in [6.45, 7) is 2.98. The Hall–Kier alpha value is -0.0800. The van der Waals surface area contributed by atoms with Gasteiger partial charge in [0.1, 0.15) is 0 Å². The van der Waals surface area contributed by atoms with E-state index >= 15 is 0 Å². The van der Waals surface area contributed by atoms with Crippen LogP contribution in [-0.2, 0) is 0 Å². The van der Waals surface area contributed by atoms with Crippen molar-refractivity contribution in [3.05, 3.63) is 5.21 Å². The predicted octanol–water partition coefficient (Wildman–Crippen LogP) is 1.50. The first-order valence-electron chi connectivity index (χ1n) is 3.73. The third kappa shape index (κ3) is 1.25. The van der Waals surface area contributed by atoms with Crippen LogP contribution >= 0.6 is 0 Å². The third-order valence-corrected chi connectivity index (χ3v) is 2.30. The van der Waals surface area contributed by atoms with Gasteiger partial charge in [-0.3, -0.25) is 0 Å². The fourth-order valence-electron chi connectivity index (χ4n) is 1.43. The van der Waals surface area contributed by atoms with Crippen molar-refractivity contribution in [2.75, 3.05) is 13.6 Å². The Kier molecular flexibility index (Phi) is 1.78. The molecule has 1 fully saturated rings. The summed E-state index contributed by atoms with van der Waals surface area (Å²) in [5.41, 5.74) is 0. The van der Waals surface area contributed by atoms with Gasteiger partial charge in [0.15, 0.2) is 0 Å². The van der Waals surface area contributed by atoms with Crippen LogP contribution < -0.4 is 0 Å². The van der Waals surface area contributed by atoms with Crippen molar-refractivity contribution in [2.45, 2.75) is 32.2 Å². The Bertz CT molecular complexity index is 101. The van der Waals surface area contributed by atoms with E-state index in [1.165, 1.54) is 0 Å². The lowest BCUT2D eigenvalue weighted by atomic mass is 9.99. The van der Waals surface area contributed by atoms with Crippen LogP contribution in [0.2, 0.25) is 0 Å². The highest BCUT2D eigenvalue weighted by Gasteiger charge is 2.33. The molecule has 0 aromatic heterocycles. The highest BCUT2D eigenvalue weighted by molar-refractivity contribution is 4.68. The van der Waals surface area contributed by atoms with Crippen LogP contribution in [-0.4, -0.2) is 24.3 Å². The summed E-state index contributed by atoms with van der Waals surface area (Å²) < 4.78 is 0.0217. The zero-order valence-electron chi connectivity index (χ0n) is 6.26. The molecule has 2 heteroatoms. The fraction of sp³-hybridized carbons (Fsp3) is 1.00. The lowest BCUT2D eigenvalue weighted by Gasteiger charge is -2.53. The summed E-state index contributed by atoms with van der Waals surface area (Å²) in [6.07, 6.45) is 3.41. The fourth-order valence-corrected chi connectivity index (χ4v) is 1.43. The molecule has 0 aromatic carbocycles. The number of hydrogen-bond acceptors (Lipinski definition) is 1. The Morgan fingerprint density at radius 2 is 2.33 bits per heavy atom. The summed E-state index contributed by atoms with van der Waals surface area (Å²) in [7, 11) is 1.78. The molecule has 2 unspecified atom stereocenters. The molecule has 0 amide bonds. The predicted molar refractivity (Wildman–Crippen MR) is 37.7 cm³/mol. The van der Waals surface area contributed by atoms with Crippen LogP contribution in [0.15, 0.2) is 0 Å². The molecule has 0 radical (unpaired) electrons. The Balaban J connectivity index is 2.28. The molecule has 0 saturated carbocycles. The van der Waals surface area contributed by atoms with Gasteiger partial charge in [-0.05, 0) is 6.42 Å². The second kappa shape index (κ2) is 2.27. The molecular formula is C7H15NO. The smallest absolute Gasteiger partial charge is 0.0939 e. The van der Waals surface area contributed by atoms with Crippen LogP contribution in [0.25, 0.3) is 0 Å². The summed E-state index contributed by atoms with van der Waals surface area (Å²) in [5.74, 6) is 0. The number of hydroxylamine groups is 3. The van der Waals surface area contributed by atoms with E-state index in [2.05, 4.69) is 6.92 Å². The van der Waals surface area contributed by atoms with E-state index < -0.39 is 0 Å². The molecule has 0 spiro atoms.